The van der Waals surface area contributed by atoms with Crippen LogP contribution in [0.5, 0.6) is 0 Å². The number of aryl methyl sites for hydroxylation is 2. The molecule has 1 aromatic heterocycles. The van der Waals surface area contributed by atoms with Gasteiger partial charge in [0.25, 0.3) is 0 Å². The number of alkyl halides is 3. The van der Waals surface area contributed by atoms with E-state index in [0.717, 1.165) is 17.2 Å². The van der Waals surface area contributed by atoms with E-state index in [1.807, 2.05) is 20.8 Å². The van der Waals surface area contributed by atoms with Gasteiger partial charge in [0.05, 0.1) is 17.9 Å². The molecule has 0 aliphatic carbocycles. The first-order chi connectivity index (χ1) is 9.74. The third-order valence-corrected chi connectivity index (χ3v) is 3.54. The second kappa shape index (κ2) is 6.17. The molecule has 4 nitrogen and oxygen atoms in total. The van der Waals surface area contributed by atoms with Crippen molar-refractivity contribution in [2.24, 2.45) is 5.92 Å². The first-order valence-electron chi connectivity index (χ1n) is 7.09. The molecule has 0 N–H and O–H groups in total. The molecule has 1 atom stereocenters. The van der Waals surface area contributed by atoms with Gasteiger partial charge >= 0.3 is 6.18 Å². The quantitative estimate of drug-likeness (QED) is 0.840. The average molecular weight is 302 g/mol. The van der Waals surface area contributed by atoms with E-state index in [1.54, 1.807) is 6.20 Å². The van der Waals surface area contributed by atoms with E-state index in [1.165, 1.54) is 4.90 Å². The third kappa shape index (κ3) is 4.56. The molecule has 21 heavy (non-hydrogen) atoms. The topological polar surface area (TPSA) is 32.3 Å². The maximum absolute atomic E-state index is 12.6. The number of hydrogen-bond acceptors (Lipinski definition) is 4. The summed E-state index contributed by atoms with van der Waals surface area (Å²) in [6.07, 6.45) is -2.44. The van der Waals surface area contributed by atoms with Crippen molar-refractivity contribution in [1.29, 1.82) is 0 Å². The minimum absolute atomic E-state index is 0.150. The van der Waals surface area contributed by atoms with Gasteiger partial charge in [-0.05, 0) is 19.8 Å². The van der Waals surface area contributed by atoms with Gasteiger partial charge in [-0.3, -0.25) is 9.88 Å². The van der Waals surface area contributed by atoms with E-state index < -0.39 is 12.7 Å². The summed E-state index contributed by atoms with van der Waals surface area (Å²) in [6.45, 7) is 6.96. The third-order valence-electron chi connectivity index (χ3n) is 3.54. The van der Waals surface area contributed by atoms with Gasteiger partial charge in [0.2, 0.25) is 0 Å². The van der Waals surface area contributed by atoms with E-state index in [9.17, 15) is 13.2 Å². The van der Waals surface area contributed by atoms with Crippen LogP contribution in [0.25, 0.3) is 0 Å². The molecule has 1 aromatic rings. The lowest BCUT2D eigenvalue weighted by atomic mass is 10.1. The van der Waals surface area contributed by atoms with Gasteiger partial charge in [0.1, 0.15) is 5.82 Å². The van der Waals surface area contributed by atoms with Crippen molar-refractivity contribution in [1.82, 2.24) is 14.9 Å². The summed E-state index contributed by atoms with van der Waals surface area (Å²) in [5.74, 6) is 0.937. The Labute approximate surface area is 123 Å². The van der Waals surface area contributed by atoms with Gasteiger partial charge in [0.15, 0.2) is 0 Å². The molecule has 2 rings (SSSR count). The Kier molecular flexibility index (Phi) is 4.70. The molecule has 1 aliphatic rings. The molecule has 2 heterocycles. The van der Waals surface area contributed by atoms with Crippen LogP contribution in [0, 0.1) is 19.8 Å². The predicted octanol–water partition coefficient (Wildman–Crippen LogP) is 2.41. The lowest BCUT2D eigenvalue weighted by Crippen LogP contribution is -2.38. The molecule has 1 unspecified atom stereocenters. The second-order valence-electron chi connectivity index (χ2n) is 5.82. The molecule has 1 fully saturated rings. The molecule has 1 aliphatic heterocycles. The zero-order chi connectivity index (χ0) is 15.6. The maximum atomic E-state index is 12.6. The Hall–Kier alpha value is -1.37. The van der Waals surface area contributed by atoms with Crippen LogP contribution in [0.1, 0.15) is 18.3 Å². The van der Waals surface area contributed by atoms with Gasteiger partial charge in [-0.25, -0.2) is 4.98 Å². The highest BCUT2D eigenvalue weighted by Gasteiger charge is 2.33. The Morgan fingerprint density at radius 1 is 1.24 bits per heavy atom. The van der Waals surface area contributed by atoms with Crippen molar-refractivity contribution < 1.29 is 13.2 Å². The Morgan fingerprint density at radius 3 is 2.62 bits per heavy atom. The molecule has 0 saturated carbocycles. The van der Waals surface area contributed by atoms with Crippen LogP contribution in [0.15, 0.2) is 6.20 Å². The zero-order valence-corrected chi connectivity index (χ0v) is 12.6. The first kappa shape index (κ1) is 16.0. The van der Waals surface area contributed by atoms with Gasteiger partial charge < -0.3 is 4.90 Å². The van der Waals surface area contributed by atoms with Crippen LogP contribution in [0.2, 0.25) is 0 Å². The van der Waals surface area contributed by atoms with Gasteiger partial charge in [-0.2, -0.15) is 13.2 Å². The molecule has 0 spiro atoms. The van der Waals surface area contributed by atoms with E-state index in [4.69, 9.17) is 0 Å². The SMILES string of the molecule is Cc1cnc(C)c(N2CCN(CC(F)(F)F)CC(C)C2)n1. The van der Waals surface area contributed by atoms with Crippen LogP contribution < -0.4 is 4.90 Å². The summed E-state index contributed by atoms with van der Waals surface area (Å²) >= 11 is 0. The molecule has 0 amide bonds. The van der Waals surface area contributed by atoms with E-state index >= 15 is 0 Å². The highest BCUT2D eigenvalue weighted by Crippen LogP contribution is 2.22. The Bertz CT molecular complexity index is 490. The van der Waals surface area contributed by atoms with Crippen molar-refractivity contribution in [3.63, 3.8) is 0 Å². The molecule has 0 aromatic carbocycles. The monoisotopic (exact) mass is 302 g/mol. The highest BCUT2D eigenvalue weighted by atomic mass is 19.4. The molecular weight excluding hydrogens is 281 g/mol. The van der Waals surface area contributed by atoms with Gasteiger partial charge in [0, 0.05) is 32.4 Å². The van der Waals surface area contributed by atoms with Crippen LogP contribution in [0.3, 0.4) is 0 Å². The second-order valence-corrected chi connectivity index (χ2v) is 5.82. The zero-order valence-electron chi connectivity index (χ0n) is 12.6. The van der Waals surface area contributed by atoms with Crippen molar-refractivity contribution >= 4 is 5.82 Å². The summed E-state index contributed by atoms with van der Waals surface area (Å²) in [5.41, 5.74) is 1.64. The normalized spacial score (nSPS) is 21.4. The van der Waals surface area contributed by atoms with Gasteiger partial charge in [-0.1, -0.05) is 6.92 Å². The first-order valence-corrected chi connectivity index (χ1v) is 7.09. The van der Waals surface area contributed by atoms with Gasteiger partial charge in [-0.15, -0.1) is 0 Å². The predicted molar refractivity (Wildman–Crippen MR) is 75.4 cm³/mol. The van der Waals surface area contributed by atoms with Crippen LogP contribution in [-0.2, 0) is 0 Å². The Morgan fingerprint density at radius 2 is 1.95 bits per heavy atom. The summed E-state index contributed by atoms with van der Waals surface area (Å²) in [7, 11) is 0. The number of hydrogen-bond donors (Lipinski definition) is 0. The lowest BCUT2D eigenvalue weighted by Gasteiger charge is -2.24. The van der Waals surface area contributed by atoms with E-state index in [0.29, 0.717) is 26.2 Å². The summed E-state index contributed by atoms with van der Waals surface area (Å²) < 4.78 is 37.7. The summed E-state index contributed by atoms with van der Waals surface area (Å²) in [5, 5.41) is 0. The molecule has 7 heteroatoms. The lowest BCUT2D eigenvalue weighted by molar-refractivity contribution is -0.146. The highest BCUT2D eigenvalue weighted by molar-refractivity contribution is 5.43. The molecule has 0 bridgehead atoms. The number of rotatable bonds is 2. The number of anilines is 1. The van der Waals surface area contributed by atoms with Crippen molar-refractivity contribution in [2.45, 2.75) is 26.9 Å². The van der Waals surface area contributed by atoms with Crippen LogP contribution in [0.4, 0.5) is 19.0 Å². The molecule has 1 saturated heterocycles. The summed E-state index contributed by atoms with van der Waals surface area (Å²) in [6, 6.07) is 0. The number of nitrogens with zero attached hydrogens (tertiary/aromatic N) is 4. The fourth-order valence-electron chi connectivity index (χ4n) is 2.73. The van der Waals surface area contributed by atoms with Crippen molar-refractivity contribution in [2.75, 3.05) is 37.6 Å². The largest absolute Gasteiger partial charge is 0.401 e. The molecular formula is C14H21F3N4. The standard InChI is InChI=1S/C14H21F3N4/c1-10-7-20(9-14(15,16)17)4-5-21(8-10)13-12(3)18-6-11(2)19-13/h6,10H,4-5,7-9H2,1-3H3. The van der Waals surface area contributed by atoms with Crippen LogP contribution >= 0.6 is 0 Å². The molecule has 0 radical (unpaired) electrons. The smallest absolute Gasteiger partial charge is 0.354 e. The minimum Gasteiger partial charge on any atom is -0.354 e. The fraction of sp³-hybridized carbons (Fsp3) is 0.714. The van der Waals surface area contributed by atoms with Crippen molar-refractivity contribution in [3.05, 3.63) is 17.6 Å². The van der Waals surface area contributed by atoms with E-state index in [-0.39, 0.29) is 5.92 Å². The molecule has 118 valence electrons. The minimum atomic E-state index is -4.14. The summed E-state index contributed by atoms with van der Waals surface area (Å²) in [4.78, 5) is 12.3. The average Bonchev–Trinajstić information content (AvgIpc) is 2.52. The Balaban J connectivity index is 2.12. The fourth-order valence-corrected chi connectivity index (χ4v) is 2.73. The number of aromatic nitrogens is 2. The maximum Gasteiger partial charge on any atom is 0.401 e. The van der Waals surface area contributed by atoms with Crippen molar-refractivity contribution in [3.8, 4) is 0 Å². The number of halogens is 3. The van der Waals surface area contributed by atoms with E-state index in [2.05, 4.69) is 14.9 Å². The van der Waals surface area contributed by atoms with Crippen LogP contribution in [-0.4, -0.2) is 53.8 Å².